The zero-order valence-corrected chi connectivity index (χ0v) is 9.95. The summed E-state index contributed by atoms with van der Waals surface area (Å²) in [6.45, 7) is 6.25. The maximum absolute atomic E-state index is 11.7. The van der Waals surface area contributed by atoms with Crippen molar-refractivity contribution in [3.05, 3.63) is 29.8 Å². The Kier molecular flexibility index (Phi) is 5.57. The molecular weight excluding hydrogens is 202 g/mol. The number of rotatable bonds is 7. The summed E-state index contributed by atoms with van der Waals surface area (Å²) in [6.07, 6.45) is 0.543. The summed E-state index contributed by atoms with van der Waals surface area (Å²) in [4.78, 5) is 11.7. The molecule has 0 aliphatic carbocycles. The summed E-state index contributed by atoms with van der Waals surface area (Å²) >= 11 is 0. The van der Waals surface area contributed by atoms with E-state index in [0.29, 0.717) is 13.0 Å². The predicted octanol–water partition coefficient (Wildman–Crippen LogP) is 2.27. The van der Waals surface area contributed by atoms with Crippen molar-refractivity contribution in [2.75, 3.05) is 19.7 Å². The van der Waals surface area contributed by atoms with Crippen LogP contribution in [0.2, 0.25) is 0 Å². The van der Waals surface area contributed by atoms with Gasteiger partial charge >= 0.3 is 0 Å². The van der Waals surface area contributed by atoms with Gasteiger partial charge in [0.15, 0.2) is 5.78 Å². The molecule has 0 atom stereocenters. The second kappa shape index (κ2) is 7.01. The molecule has 3 heteroatoms. The third-order valence-corrected chi connectivity index (χ3v) is 2.27. The van der Waals surface area contributed by atoms with Gasteiger partial charge in [0.1, 0.15) is 5.75 Å². The lowest BCUT2D eigenvalue weighted by atomic mass is 10.1. The van der Waals surface area contributed by atoms with Crippen molar-refractivity contribution in [1.29, 1.82) is 0 Å². The van der Waals surface area contributed by atoms with E-state index in [1.807, 2.05) is 38.1 Å². The topological polar surface area (TPSA) is 38.3 Å². The lowest BCUT2D eigenvalue weighted by molar-refractivity contribution is 0.0983. The lowest BCUT2D eigenvalue weighted by Crippen LogP contribution is -2.17. The first-order chi connectivity index (χ1) is 7.77. The molecule has 1 N–H and O–H groups in total. The molecule has 1 aromatic carbocycles. The molecule has 0 amide bonds. The molecule has 0 heterocycles. The van der Waals surface area contributed by atoms with Gasteiger partial charge in [0.25, 0.3) is 0 Å². The van der Waals surface area contributed by atoms with E-state index >= 15 is 0 Å². The number of carbonyl (C=O) groups excluding carboxylic acids is 1. The number of hydrogen-bond donors (Lipinski definition) is 1. The molecular formula is C13H19NO2. The van der Waals surface area contributed by atoms with E-state index in [0.717, 1.165) is 24.4 Å². The van der Waals surface area contributed by atoms with Crippen LogP contribution in [0.4, 0.5) is 0 Å². The van der Waals surface area contributed by atoms with Crippen molar-refractivity contribution in [3.63, 3.8) is 0 Å². The number of hydrogen-bond acceptors (Lipinski definition) is 3. The molecule has 0 fully saturated rings. The van der Waals surface area contributed by atoms with Gasteiger partial charge in [-0.05, 0) is 37.7 Å². The van der Waals surface area contributed by atoms with Crippen LogP contribution >= 0.6 is 0 Å². The molecule has 3 nitrogen and oxygen atoms in total. The Morgan fingerprint density at radius 1 is 1.25 bits per heavy atom. The summed E-state index contributed by atoms with van der Waals surface area (Å²) in [5, 5.41) is 3.14. The minimum absolute atomic E-state index is 0.170. The van der Waals surface area contributed by atoms with E-state index in [-0.39, 0.29) is 5.78 Å². The summed E-state index contributed by atoms with van der Waals surface area (Å²) in [5.41, 5.74) is 0.751. The highest BCUT2D eigenvalue weighted by Crippen LogP contribution is 2.13. The first-order valence-corrected chi connectivity index (χ1v) is 5.74. The molecule has 88 valence electrons. The van der Waals surface area contributed by atoms with E-state index in [1.165, 1.54) is 0 Å². The zero-order chi connectivity index (χ0) is 11.8. The van der Waals surface area contributed by atoms with Gasteiger partial charge in [0.05, 0.1) is 6.61 Å². The van der Waals surface area contributed by atoms with E-state index < -0.39 is 0 Å². The van der Waals surface area contributed by atoms with Crippen LogP contribution in [0.15, 0.2) is 24.3 Å². The van der Waals surface area contributed by atoms with Gasteiger partial charge in [0.2, 0.25) is 0 Å². The van der Waals surface area contributed by atoms with Gasteiger partial charge in [0, 0.05) is 18.5 Å². The average molecular weight is 221 g/mol. The maximum Gasteiger partial charge on any atom is 0.164 e. The molecule has 0 saturated heterocycles. The van der Waals surface area contributed by atoms with Crippen molar-refractivity contribution in [2.45, 2.75) is 20.3 Å². The first kappa shape index (κ1) is 12.7. The highest BCUT2D eigenvalue weighted by atomic mass is 16.5. The number of Topliss-reactive ketones (excluding diaryl/α,β-unsaturated/α-hetero) is 1. The quantitative estimate of drug-likeness (QED) is 0.567. The summed E-state index contributed by atoms with van der Waals surface area (Å²) in [5.74, 6) is 0.981. The fourth-order valence-electron chi connectivity index (χ4n) is 1.43. The van der Waals surface area contributed by atoms with E-state index in [9.17, 15) is 4.79 Å². The van der Waals surface area contributed by atoms with Crippen LogP contribution in [0.3, 0.4) is 0 Å². The van der Waals surface area contributed by atoms with Crippen molar-refractivity contribution >= 4 is 5.78 Å². The monoisotopic (exact) mass is 221 g/mol. The van der Waals surface area contributed by atoms with Crippen LogP contribution < -0.4 is 10.1 Å². The normalized spacial score (nSPS) is 10.1. The van der Waals surface area contributed by atoms with Crippen molar-refractivity contribution in [2.24, 2.45) is 0 Å². The SMILES string of the molecule is CCNCCC(=O)c1ccc(OCC)cc1. The number of benzene rings is 1. The lowest BCUT2D eigenvalue weighted by Gasteiger charge is -2.04. The van der Waals surface area contributed by atoms with E-state index in [1.54, 1.807) is 0 Å². The van der Waals surface area contributed by atoms with Crippen LogP contribution in [0, 0.1) is 0 Å². The molecule has 0 spiro atoms. The van der Waals surface area contributed by atoms with Crippen LogP contribution in [0.25, 0.3) is 0 Å². The Balaban J connectivity index is 2.49. The van der Waals surface area contributed by atoms with Crippen molar-refractivity contribution in [3.8, 4) is 5.75 Å². The highest BCUT2D eigenvalue weighted by Gasteiger charge is 2.04. The third kappa shape index (κ3) is 4.03. The maximum atomic E-state index is 11.7. The Bertz CT molecular complexity index is 319. The second-order valence-electron chi connectivity index (χ2n) is 3.48. The molecule has 1 aromatic rings. The highest BCUT2D eigenvalue weighted by molar-refractivity contribution is 5.96. The molecule has 0 radical (unpaired) electrons. The summed E-state index contributed by atoms with van der Waals surface area (Å²) < 4.78 is 5.32. The third-order valence-electron chi connectivity index (χ3n) is 2.27. The number of ether oxygens (including phenoxy) is 1. The van der Waals surface area contributed by atoms with Gasteiger partial charge in [-0.15, -0.1) is 0 Å². The predicted molar refractivity (Wildman–Crippen MR) is 65.1 cm³/mol. The Morgan fingerprint density at radius 2 is 1.94 bits per heavy atom. The number of nitrogens with one attached hydrogen (secondary N) is 1. The van der Waals surface area contributed by atoms with Gasteiger partial charge < -0.3 is 10.1 Å². The molecule has 0 aliphatic rings. The molecule has 0 aromatic heterocycles. The minimum atomic E-state index is 0.170. The second-order valence-corrected chi connectivity index (χ2v) is 3.48. The van der Waals surface area contributed by atoms with Gasteiger partial charge in [-0.2, -0.15) is 0 Å². The van der Waals surface area contributed by atoms with Crippen molar-refractivity contribution in [1.82, 2.24) is 5.32 Å². The molecule has 0 bridgehead atoms. The Morgan fingerprint density at radius 3 is 2.50 bits per heavy atom. The zero-order valence-electron chi connectivity index (χ0n) is 9.95. The average Bonchev–Trinajstić information content (AvgIpc) is 2.30. The van der Waals surface area contributed by atoms with E-state index in [2.05, 4.69) is 5.32 Å². The molecule has 0 aliphatic heterocycles. The minimum Gasteiger partial charge on any atom is -0.494 e. The fraction of sp³-hybridized carbons (Fsp3) is 0.462. The van der Waals surface area contributed by atoms with Crippen molar-refractivity contribution < 1.29 is 9.53 Å². The number of carbonyl (C=O) groups is 1. The van der Waals surface area contributed by atoms with Crippen LogP contribution in [-0.4, -0.2) is 25.5 Å². The first-order valence-electron chi connectivity index (χ1n) is 5.74. The van der Waals surface area contributed by atoms with Crippen LogP contribution in [-0.2, 0) is 0 Å². The van der Waals surface area contributed by atoms with Crippen LogP contribution in [0.1, 0.15) is 30.6 Å². The largest absolute Gasteiger partial charge is 0.494 e. The van der Waals surface area contributed by atoms with Gasteiger partial charge in [-0.3, -0.25) is 4.79 Å². The Hall–Kier alpha value is -1.35. The van der Waals surface area contributed by atoms with Gasteiger partial charge in [-0.1, -0.05) is 6.92 Å². The smallest absolute Gasteiger partial charge is 0.164 e. The number of ketones is 1. The molecule has 1 rings (SSSR count). The molecule has 0 unspecified atom stereocenters. The van der Waals surface area contributed by atoms with E-state index in [4.69, 9.17) is 4.74 Å². The molecule has 0 saturated carbocycles. The standard InChI is InChI=1S/C13H19NO2/c1-3-14-10-9-13(15)11-5-7-12(8-6-11)16-4-2/h5-8,14H,3-4,9-10H2,1-2H3. The fourth-order valence-corrected chi connectivity index (χ4v) is 1.43. The summed E-state index contributed by atoms with van der Waals surface area (Å²) in [6, 6.07) is 7.31. The summed E-state index contributed by atoms with van der Waals surface area (Å²) in [7, 11) is 0. The Labute approximate surface area is 96.8 Å². The van der Waals surface area contributed by atoms with Crippen LogP contribution in [0.5, 0.6) is 5.75 Å². The molecule has 16 heavy (non-hydrogen) atoms. The van der Waals surface area contributed by atoms with Gasteiger partial charge in [-0.25, -0.2) is 0 Å².